The first kappa shape index (κ1) is 20.5. The Morgan fingerprint density at radius 1 is 1.27 bits per heavy atom. The fourth-order valence-corrected chi connectivity index (χ4v) is 3.98. The number of ether oxygens (including phenoxy) is 1. The largest absolute Gasteiger partial charge is 0.378 e. The highest BCUT2D eigenvalue weighted by Gasteiger charge is 2.24. The maximum absolute atomic E-state index is 13.0. The molecule has 3 heterocycles. The summed E-state index contributed by atoms with van der Waals surface area (Å²) in [7, 11) is 0. The van der Waals surface area contributed by atoms with Crippen molar-refractivity contribution in [3.63, 3.8) is 0 Å². The Morgan fingerprint density at radius 2 is 2.03 bits per heavy atom. The summed E-state index contributed by atoms with van der Waals surface area (Å²) in [5, 5.41) is 8.20. The number of aromatic amines is 1. The van der Waals surface area contributed by atoms with Crippen LogP contribution in [0.15, 0.2) is 23.0 Å². The van der Waals surface area contributed by atoms with Gasteiger partial charge in [-0.1, -0.05) is 20.8 Å². The van der Waals surface area contributed by atoms with Gasteiger partial charge in [-0.05, 0) is 43.4 Å². The number of likely N-dealkylation sites (tertiary alicyclic amines) is 1. The van der Waals surface area contributed by atoms with Gasteiger partial charge in [0.2, 0.25) is 5.65 Å². The van der Waals surface area contributed by atoms with Gasteiger partial charge in [0, 0.05) is 31.7 Å². The van der Waals surface area contributed by atoms with Gasteiger partial charge >= 0.3 is 0 Å². The number of nitrogens with zero attached hydrogens (tertiary/aromatic N) is 4. The van der Waals surface area contributed by atoms with Crippen LogP contribution in [0.2, 0.25) is 0 Å². The minimum Gasteiger partial charge on any atom is -0.378 e. The van der Waals surface area contributed by atoms with Crippen LogP contribution in [-0.2, 0) is 11.2 Å². The lowest BCUT2D eigenvalue weighted by molar-refractivity contribution is -0.00230. The molecule has 1 fully saturated rings. The Morgan fingerprint density at radius 3 is 2.73 bits per heavy atom. The molecule has 0 atom stereocenters. The molecule has 160 valence electrons. The maximum Gasteiger partial charge on any atom is 0.294 e. The number of piperidine rings is 1. The fourth-order valence-electron chi connectivity index (χ4n) is 3.98. The van der Waals surface area contributed by atoms with Crippen LogP contribution in [0.5, 0.6) is 0 Å². The van der Waals surface area contributed by atoms with E-state index in [0.717, 1.165) is 43.6 Å². The Kier molecular flexibility index (Phi) is 5.85. The second kappa shape index (κ2) is 8.55. The van der Waals surface area contributed by atoms with Crippen molar-refractivity contribution in [2.45, 2.75) is 52.6 Å². The third-order valence-corrected chi connectivity index (χ3v) is 5.53. The predicted octanol–water partition coefficient (Wildman–Crippen LogP) is 2.80. The molecule has 30 heavy (non-hydrogen) atoms. The average Bonchev–Trinajstić information content (AvgIpc) is 3.17. The Bertz CT molecular complexity index is 1110. The van der Waals surface area contributed by atoms with Crippen LogP contribution in [0.3, 0.4) is 0 Å². The van der Waals surface area contributed by atoms with Gasteiger partial charge in [0.25, 0.3) is 11.5 Å². The lowest BCUT2D eigenvalue weighted by atomic mass is 10.1. The standard InChI is InChI=1S/C22H29N5O3/c1-4-5-19-24-25-20-21(28)23-17-12-15(6-7-18(17)27(19)20)22(29)26-10-8-16(9-11-26)30-13-14(2)3/h6-7,12,14,16H,4-5,8-11,13H2,1-3H3,(H,23,28). The Labute approximate surface area is 175 Å². The lowest BCUT2D eigenvalue weighted by Crippen LogP contribution is -2.41. The molecule has 1 N–H and O–H groups in total. The Hall–Kier alpha value is -2.74. The summed E-state index contributed by atoms with van der Waals surface area (Å²) in [5.41, 5.74) is 1.98. The zero-order valence-electron chi connectivity index (χ0n) is 17.9. The number of rotatable bonds is 6. The molecule has 0 aliphatic carbocycles. The summed E-state index contributed by atoms with van der Waals surface area (Å²) in [4.78, 5) is 30.2. The molecule has 1 saturated heterocycles. The highest BCUT2D eigenvalue weighted by atomic mass is 16.5. The van der Waals surface area contributed by atoms with Crippen LogP contribution in [0.4, 0.5) is 0 Å². The second-order valence-corrected chi connectivity index (χ2v) is 8.43. The van der Waals surface area contributed by atoms with Gasteiger partial charge in [0.05, 0.1) is 17.1 Å². The summed E-state index contributed by atoms with van der Waals surface area (Å²) in [6.07, 6.45) is 3.56. The SMILES string of the molecule is CCCc1nnc2c(=O)[nH]c3cc(C(=O)N4CCC(OCC(C)C)CC4)ccc3n12. The summed E-state index contributed by atoms with van der Waals surface area (Å²) < 4.78 is 7.72. The lowest BCUT2D eigenvalue weighted by Gasteiger charge is -2.32. The first-order chi connectivity index (χ1) is 14.5. The molecular formula is C22H29N5O3. The smallest absolute Gasteiger partial charge is 0.294 e. The number of carbonyl (C=O) groups is 1. The van der Waals surface area contributed by atoms with E-state index < -0.39 is 0 Å². The average molecular weight is 412 g/mol. The number of benzene rings is 1. The van der Waals surface area contributed by atoms with Gasteiger partial charge < -0.3 is 14.6 Å². The van der Waals surface area contributed by atoms with Crippen LogP contribution in [0, 0.1) is 5.92 Å². The molecular weight excluding hydrogens is 382 g/mol. The normalized spacial score (nSPS) is 15.5. The number of nitrogens with one attached hydrogen (secondary N) is 1. The topological polar surface area (TPSA) is 92.6 Å². The molecule has 8 nitrogen and oxygen atoms in total. The summed E-state index contributed by atoms with van der Waals surface area (Å²) in [6, 6.07) is 5.45. The quantitative estimate of drug-likeness (QED) is 0.673. The Balaban J connectivity index is 1.57. The van der Waals surface area contributed by atoms with Crippen LogP contribution in [0.1, 0.15) is 56.2 Å². The molecule has 1 aliphatic heterocycles. The number of aromatic nitrogens is 4. The van der Waals surface area contributed by atoms with E-state index in [1.54, 1.807) is 10.5 Å². The van der Waals surface area contributed by atoms with Crippen LogP contribution in [0.25, 0.3) is 16.7 Å². The van der Waals surface area contributed by atoms with Crippen molar-refractivity contribution in [1.82, 2.24) is 24.5 Å². The van der Waals surface area contributed by atoms with Crippen molar-refractivity contribution in [1.29, 1.82) is 0 Å². The van der Waals surface area contributed by atoms with Crippen molar-refractivity contribution < 1.29 is 9.53 Å². The number of amides is 1. The van der Waals surface area contributed by atoms with Crippen LogP contribution < -0.4 is 5.56 Å². The van der Waals surface area contributed by atoms with E-state index in [0.29, 0.717) is 30.1 Å². The van der Waals surface area contributed by atoms with Crippen molar-refractivity contribution in [3.8, 4) is 0 Å². The second-order valence-electron chi connectivity index (χ2n) is 8.43. The van der Waals surface area contributed by atoms with Crippen molar-refractivity contribution in [3.05, 3.63) is 39.9 Å². The maximum atomic E-state index is 13.0. The van der Waals surface area contributed by atoms with Gasteiger partial charge in [0.1, 0.15) is 5.82 Å². The molecule has 0 radical (unpaired) electrons. The molecule has 0 bridgehead atoms. The molecule has 0 spiro atoms. The molecule has 1 aliphatic rings. The van der Waals surface area contributed by atoms with E-state index in [1.165, 1.54) is 0 Å². The molecule has 1 aromatic carbocycles. The monoisotopic (exact) mass is 411 g/mol. The third kappa shape index (κ3) is 3.96. The number of hydrogen-bond acceptors (Lipinski definition) is 5. The first-order valence-corrected chi connectivity index (χ1v) is 10.8. The molecule has 1 amide bonds. The number of carbonyl (C=O) groups excluding carboxylic acids is 1. The highest BCUT2D eigenvalue weighted by molar-refractivity contribution is 5.97. The summed E-state index contributed by atoms with van der Waals surface area (Å²) in [5.74, 6) is 1.25. The number of hydrogen-bond donors (Lipinski definition) is 1. The third-order valence-electron chi connectivity index (χ3n) is 5.53. The van der Waals surface area contributed by atoms with Crippen LogP contribution >= 0.6 is 0 Å². The van der Waals surface area contributed by atoms with E-state index in [-0.39, 0.29) is 23.2 Å². The predicted molar refractivity (Wildman–Crippen MR) is 115 cm³/mol. The minimum absolute atomic E-state index is 0.0160. The van der Waals surface area contributed by atoms with E-state index >= 15 is 0 Å². The van der Waals surface area contributed by atoms with Crippen molar-refractivity contribution >= 4 is 22.6 Å². The highest BCUT2D eigenvalue weighted by Crippen LogP contribution is 2.20. The van der Waals surface area contributed by atoms with Gasteiger partial charge in [-0.2, -0.15) is 0 Å². The molecule has 4 rings (SSSR count). The molecule has 3 aromatic rings. The minimum atomic E-state index is -0.301. The summed E-state index contributed by atoms with van der Waals surface area (Å²) >= 11 is 0. The van der Waals surface area contributed by atoms with Gasteiger partial charge in [-0.15, -0.1) is 10.2 Å². The molecule has 0 unspecified atom stereocenters. The molecule has 8 heteroatoms. The number of aryl methyl sites for hydroxylation is 1. The molecule has 2 aromatic heterocycles. The zero-order chi connectivity index (χ0) is 21.3. The molecule has 0 saturated carbocycles. The van der Waals surface area contributed by atoms with Crippen molar-refractivity contribution in [2.75, 3.05) is 19.7 Å². The van der Waals surface area contributed by atoms with E-state index in [4.69, 9.17) is 4.74 Å². The van der Waals surface area contributed by atoms with E-state index in [2.05, 4.69) is 36.0 Å². The zero-order valence-corrected chi connectivity index (χ0v) is 17.9. The van der Waals surface area contributed by atoms with E-state index in [1.807, 2.05) is 17.0 Å². The van der Waals surface area contributed by atoms with Crippen molar-refractivity contribution in [2.24, 2.45) is 5.92 Å². The number of fused-ring (bicyclic) bond motifs is 3. The number of H-pyrrole nitrogens is 1. The fraction of sp³-hybridized carbons (Fsp3) is 0.545. The van der Waals surface area contributed by atoms with Crippen LogP contribution in [-0.4, -0.2) is 56.2 Å². The van der Waals surface area contributed by atoms with Gasteiger partial charge in [-0.3, -0.25) is 14.0 Å². The van der Waals surface area contributed by atoms with Gasteiger partial charge in [-0.25, -0.2) is 0 Å². The summed E-state index contributed by atoms with van der Waals surface area (Å²) in [6.45, 7) is 8.46. The first-order valence-electron chi connectivity index (χ1n) is 10.8. The van der Waals surface area contributed by atoms with E-state index in [9.17, 15) is 9.59 Å². The van der Waals surface area contributed by atoms with Gasteiger partial charge in [0.15, 0.2) is 0 Å².